The Morgan fingerprint density at radius 3 is 2.11 bits per heavy atom. The van der Waals surface area contributed by atoms with Crippen molar-refractivity contribution in [1.29, 1.82) is 0 Å². The first-order chi connectivity index (χ1) is 8.71. The summed E-state index contributed by atoms with van der Waals surface area (Å²) in [5.74, 6) is 0.643. The Morgan fingerprint density at radius 1 is 1.00 bits per heavy atom. The van der Waals surface area contributed by atoms with Crippen LogP contribution in [0.4, 0.5) is 0 Å². The van der Waals surface area contributed by atoms with Crippen LogP contribution in [0, 0.1) is 11.3 Å². The van der Waals surface area contributed by atoms with Crippen molar-refractivity contribution in [3.05, 3.63) is 0 Å². The summed E-state index contributed by atoms with van der Waals surface area (Å²) in [7, 11) is 1.73. The number of rotatable bonds is 10. The molecule has 0 saturated heterocycles. The maximum Gasteiger partial charge on any atom is 0.0487 e. The highest BCUT2D eigenvalue weighted by Gasteiger charge is 2.29. The first-order valence-corrected chi connectivity index (χ1v) is 7.53. The van der Waals surface area contributed by atoms with Crippen molar-refractivity contribution < 1.29 is 9.47 Å². The number of ether oxygens (including phenoxy) is 2. The van der Waals surface area contributed by atoms with Gasteiger partial charge in [-0.25, -0.2) is 0 Å². The zero-order valence-electron chi connectivity index (χ0n) is 14.1. The Kier molecular flexibility index (Phi) is 8.88. The molecule has 0 heterocycles. The largest absolute Gasteiger partial charge is 0.385 e. The fourth-order valence-electron chi connectivity index (χ4n) is 1.76. The predicted octanol–water partition coefficient (Wildman–Crippen LogP) is 3.48. The lowest BCUT2D eigenvalue weighted by Gasteiger charge is -2.37. The quantitative estimate of drug-likeness (QED) is 0.618. The summed E-state index contributed by atoms with van der Waals surface area (Å²) >= 11 is 0. The molecule has 0 aromatic rings. The molecule has 0 aliphatic rings. The van der Waals surface area contributed by atoms with E-state index >= 15 is 0 Å². The Morgan fingerprint density at radius 2 is 1.63 bits per heavy atom. The number of hydrogen-bond donors (Lipinski definition) is 1. The third-order valence-corrected chi connectivity index (χ3v) is 3.87. The molecule has 3 nitrogen and oxygen atoms in total. The van der Waals surface area contributed by atoms with E-state index in [1.807, 2.05) is 0 Å². The van der Waals surface area contributed by atoms with Gasteiger partial charge in [0.05, 0.1) is 0 Å². The summed E-state index contributed by atoms with van der Waals surface area (Å²) in [5.41, 5.74) is 0.462. The van der Waals surface area contributed by atoms with Crippen LogP contribution in [0.1, 0.15) is 54.4 Å². The molecule has 1 unspecified atom stereocenters. The van der Waals surface area contributed by atoms with Gasteiger partial charge in [-0.1, -0.05) is 20.8 Å². The van der Waals surface area contributed by atoms with E-state index in [0.717, 1.165) is 39.2 Å². The van der Waals surface area contributed by atoms with E-state index in [9.17, 15) is 0 Å². The molecule has 0 aromatic carbocycles. The third kappa shape index (κ3) is 9.42. The molecule has 0 spiro atoms. The molecule has 0 bridgehead atoms. The van der Waals surface area contributed by atoms with E-state index in [0.29, 0.717) is 5.92 Å². The van der Waals surface area contributed by atoms with Crippen LogP contribution < -0.4 is 5.32 Å². The van der Waals surface area contributed by atoms with Crippen molar-refractivity contribution in [2.75, 3.05) is 33.5 Å². The fraction of sp³-hybridized carbons (Fsp3) is 1.00. The lowest BCUT2D eigenvalue weighted by atomic mass is 9.76. The molecule has 1 N–H and O–H groups in total. The minimum absolute atomic E-state index is 0.176. The lowest BCUT2D eigenvalue weighted by Crippen LogP contribution is -2.45. The molecule has 19 heavy (non-hydrogen) atoms. The number of hydrogen-bond acceptors (Lipinski definition) is 3. The van der Waals surface area contributed by atoms with Crippen molar-refractivity contribution >= 4 is 0 Å². The third-order valence-electron chi connectivity index (χ3n) is 3.87. The highest BCUT2D eigenvalue weighted by Crippen LogP contribution is 2.30. The van der Waals surface area contributed by atoms with E-state index in [-0.39, 0.29) is 11.0 Å². The van der Waals surface area contributed by atoms with Crippen LogP contribution in [0.3, 0.4) is 0 Å². The van der Waals surface area contributed by atoms with Gasteiger partial charge in [-0.3, -0.25) is 0 Å². The Balaban J connectivity index is 4.03. The summed E-state index contributed by atoms with van der Waals surface area (Å²) in [5, 5.41) is 3.63. The van der Waals surface area contributed by atoms with E-state index in [1.165, 1.54) is 0 Å². The normalized spacial score (nSPS) is 15.8. The second-order valence-electron chi connectivity index (χ2n) is 7.12. The van der Waals surface area contributed by atoms with E-state index in [2.05, 4.69) is 46.9 Å². The van der Waals surface area contributed by atoms with Crippen LogP contribution in [-0.4, -0.2) is 39.0 Å². The summed E-state index contributed by atoms with van der Waals surface area (Å²) in [4.78, 5) is 0. The Hall–Kier alpha value is -0.120. The second-order valence-corrected chi connectivity index (χ2v) is 7.12. The molecule has 0 aromatic heterocycles. The van der Waals surface area contributed by atoms with Crippen molar-refractivity contribution in [2.24, 2.45) is 11.3 Å². The molecule has 0 amide bonds. The van der Waals surface area contributed by atoms with E-state index < -0.39 is 0 Å². The van der Waals surface area contributed by atoms with Crippen LogP contribution in [-0.2, 0) is 9.47 Å². The first kappa shape index (κ1) is 18.9. The Bertz CT molecular complexity index is 223. The van der Waals surface area contributed by atoms with Crippen LogP contribution in [0.2, 0.25) is 0 Å². The van der Waals surface area contributed by atoms with Crippen LogP contribution in [0.5, 0.6) is 0 Å². The zero-order valence-corrected chi connectivity index (χ0v) is 14.1. The molecule has 116 valence electrons. The van der Waals surface area contributed by atoms with Crippen molar-refractivity contribution in [1.82, 2.24) is 5.32 Å². The average molecular weight is 273 g/mol. The van der Waals surface area contributed by atoms with Gasteiger partial charge in [0.15, 0.2) is 0 Å². The SMILES string of the molecule is COCCCOCCC(C)(CNC(C)(C)C)C(C)C. The van der Waals surface area contributed by atoms with Crippen molar-refractivity contribution in [3.63, 3.8) is 0 Å². The van der Waals surface area contributed by atoms with Gasteiger partial charge >= 0.3 is 0 Å². The van der Waals surface area contributed by atoms with Gasteiger partial charge in [0.1, 0.15) is 0 Å². The van der Waals surface area contributed by atoms with Crippen molar-refractivity contribution in [2.45, 2.75) is 59.9 Å². The van der Waals surface area contributed by atoms with Crippen molar-refractivity contribution in [3.8, 4) is 0 Å². The average Bonchev–Trinajstić information content (AvgIpc) is 2.30. The molecular formula is C16H35NO2. The maximum atomic E-state index is 5.71. The maximum absolute atomic E-state index is 5.71. The minimum Gasteiger partial charge on any atom is -0.385 e. The smallest absolute Gasteiger partial charge is 0.0487 e. The molecule has 0 aliphatic carbocycles. The first-order valence-electron chi connectivity index (χ1n) is 7.53. The molecule has 0 fully saturated rings. The van der Waals surface area contributed by atoms with Gasteiger partial charge < -0.3 is 14.8 Å². The minimum atomic E-state index is 0.176. The molecular weight excluding hydrogens is 238 g/mol. The molecule has 1 atom stereocenters. The summed E-state index contributed by atoms with van der Waals surface area (Å²) in [6.07, 6.45) is 2.08. The zero-order chi connectivity index (χ0) is 14.9. The summed E-state index contributed by atoms with van der Waals surface area (Å²) in [6, 6.07) is 0. The molecule has 0 saturated carbocycles. The van der Waals surface area contributed by atoms with Crippen LogP contribution in [0.25, 0.3) is 0 Å². The number of nitrogens with one attached hydrogen (secondary N) is 1. The van der Waals surface area contributed by atoms with Gasteiger partial charge in [0.2, 0.25) is 0 Å². The molecule has 0 rings (SSSR count). The highest BCUT2D eigenvalue weighted by atomic mass is 16.5. The molecule has 3 heteroatoms. The van der Waals surface area contributed by atoms with Gasteiger partial charge in [-0.2, -0.15) is 0 Å². The van der Waals surface area contributed by atoms with Gasteiger partial charge in [-0.05, 0) is 44.9 Å². The Labute approximate surface area is 120 Å². The summed E-state index contributed by atoms with van der Waals surface area (Å²) < 4.78 is 10.7. The van der Waals surface area contributed by atoms with Crippen LogP contribution in [0.15, 0.2) is 0 Å². The number of methoxy groups -OCH3 is 1. The predicted molar refractivity (Wildman–Crippen MR) is 82.6 cm³/mol. The lowest BCUT2D eigenvalue weighted by molar-refractivity contribution is 0.0632. The standard InChI is InChI=1S/C16H35NO2/c1-14(2)16(6,13-17-15(3,4)5)9-12-19-11-8-10-18-7/h14,17H,8-13H2,1-7H3. The van der Waals surface area contributed by atoms with E-state index in [4.69, 9.17) is 9.47 Å². The van der Waals surface area contributed by atoms with Crippen LogP contribution >= 0.6 is 0 Å². The van der Waals surface area contributed by atoms with Gasteiger partial charge in [0.25, 0.3) is 0 Å². The second kappa shape index (κ2) is 8.93. The molecule has 0 radical (unpaired) electrons. The topological polar surface area (TPSA) is 30.5 Å². The van der Waals surface area contributed by atoms with Gasteiger partial charge in [0, 0.05) is 39.0 Å². The highest BCUT2D eigenvalue weighted by molar-refractivity contribution is 4.83. The fourth-order valence-corrected chi connectivity index (χ4v) is 1.76. The monoisotopic (exact) mass is 273 g/mol. The summed E-state index contributed by atoms with van der Waals surface area (Å²) in [6.45, 7) is 17.1. The molecule has 0 aliphatic heterocycles. The van der Waals surface area contributed by atoms with Gasteiger partial charge in [-0.15, -0.1) is 0 Å². The van der Waals surface area contributed by atoms with E-state index in [1.54, 1.807) is 7.11 Å².